The number of nitrogens with zero attached hydrogens (tertiary/aromatic N) is 2. The first-order chi connectivity index (χ1) is 13.1. The van der Waals surface area contributed by atoms with Crippen molar-refractivity contribution in [3.8, 4) is 6.07 Å². The first kappa shape index (κ1) is 21.6. The van der Waals surface area contributed by atoms with E-state index in [1.807, 2.05) is 6.07 Å². The van der Waals surface area contributed by atoms with Crippen LogP contribution in [0.5, 0.6) is 0 Å². The largest absolute Gasteiger partial charge is 0.478 e. The SMILES string of the molecule is Cc1cc(F)c(N(CC#N)Cc2ccccc2C(=O)O)cc1SCC(F)(F)F. The van der Waals surface area contributed by atoms with Crippen molar-refractivity contribution in [1.29, 1.82) is 5.26 Å². The second-order valence-corrected chi connectivity index (χ2v) is 6.97. The number of halogens is 4. The van der Waals surface area contributed by atoms with E-state index in [1.54, 1.807) is 18.2 Å². The molecule has 9 heteroatoms. The number of aryl methyl sites for hydroxylation is 1. The van der Waals surface area contributed by atoms with Crippen LogP contribution < -0.4 is 4.90 Å². The zero-order chi connectivity index (χ0) is 20.9. The highest BCUT2D eigenvalue weighted by Gasteiger charge is 2.28. The van der Waals surface area contributed by atoms with Gasteiger partial charge in [0.15, 0.2) is 0 Å². The number of hydrogen-bond donors (Lipinski definition) is 1. The predicted octanol–water partition coefficient (Wildman–Crippen LogP) is 5.02. The van der Waals surface area contributed by atoms with E-state index in [-0.39, 0.29) is 29.2 Å². The quantitative estimate of drug-likeness (QED) is 0.393. The second-order valence-electron chi connectivity index (χ2n) is 5.95. The van der Waals surface area contributed by atoms with Crippen LogP contribution in [0.4, 0.5) is 23.2 Å². The van der Waals surface area contributed by atoms with Gasteiger partial charge in [0.2, 0.25) is 0 Å². The van der Waals surface area contributed by atoms with Crippen LogP contribution in [0.1, 0.15) is 21.5 Å². The van der Waals surface area contributed by atoms with E-state index in [1.165, 1.54) is 24.0 Å². The summed E-state index contributed by atoms with van der Waals surface area (Å²) in [5.74, 6) is -2.99. The number of benzene rings is 2. The molecule has 0 spiro atoms. The minimum absolute atomic E-state index is 0.00429. The van der Waals surface area contributed by atoms with Crippen molar-refractivity contribution in [2.24, 2.45) is 0 Å². The van der Waals surface area contributed by atoms with Crippen LogP contribution >= 0.6 is 11.8 Å². The predicted molar refractivity (Wildman–Crippen MR) is 98.0 cm³/mol. The molecule has 0 fully saturated rings. The van der Waals surface area contributed by atoms with Gasteiger partial charge in [-0.15, -0.1) is 11.8 Å². The number of rotatable bonds is 7. The number of aromatic carboxylic acids is 1. The molecule has 0 atom stereocenters. The zero-order valence-corrected chi connectivity index (χ0v) is 15.6. The van der Waals surface area contributed by atoms with E-state index >= 15 is 0 Å². The van der Waals surface area contributed by atoms with Gasteiger partial charge in [-0.1, -0.05) is 18.2 Å². The average Bonchev–Trinajstić information content (AvgIpc) is 2.60. The molecule has 0 bridgehead atoms. The Hall–Kier alpha value is -2.73. The smallest absolute Gasteiger partial charge is 0.398 e. The lowest BCUT2D eigenvalue weighted by Crippen LogP contribution is -2.25. The minimum Gasteiger partial charge on any atom is -0.478 e. The molecule has 2 aromatic rings. The standard InChI is InChI=1S/C19H16F4N2O2S/c1-12-8-15(20)16(9-17(12)28-11-19(21,22)23)25(7-6-24)10-13-4-2-3-5-14(13)18(26)27/h2-5,8-9H,7,10-11H2,1H3,(H,26,27). The summed E-state index contributed by atoms with van der Waals surface area (Å²) in [5.41, 5.74) is 0.648. The highest BCUT2D eigenvalue weighted by atomic mass is 32.2. The minimum atomic E-state index is -4.38. The van der Waals surface area contributed by atoms with Crippen LogP contribution in [-0.2, 0) is 6.54 Å². The van der Waals surface area contributed by atoms with E-state index in [2.05, 4.69) is 0 Å². The fourth-order valence-corrected chi connectivity index (χ4v) is 3.38. The molecule has 0 saturated carbocycles. The van der Waals surface area contributed by atoms with E-state index in [9.17, 15) is 27.5 Å². The maximum atomic E-state index is 14.5. The molecule has 0 saturated heterocycles. The molecule has 0 aliphatic carbocycles. The lowest BCUT2D eigenvalue weighted by Gasteiger charge is -2.24. The summed E-state index contributed by atoms with van der Waals surface area (Å²) in [7, 11) is 0. The first-order valence-corrected chi connectivity index (χ1v) is 9.03. The third-order valence-electron chi connectivity index (χ3n) is 3.85. The summed E-state index contributed by atoms with van der Waals surface area (Å²) < 4.78 is 52.1. The third kappa shape index (κ3) is 5.63. The maximum absolute atomic E-state index is 14.5. The second kappa shape index (κ2) is 8.97. The maximum Gasteiger partial charge on any atom is 0.398 e. The third-order valence-corrected chi connectivity index (χ3v) is 5.07. The van der Waals surface area contributed by atoms with Crippen LogP contribution in [0.3, 0.4) is 0 Å². The van der Waals surface area contributed by atoms with Crippen LogP contribution in [0.25, 0.3) is 0 Å². The van der Waals surface area contributed by atoms with Crippen molar-refractivity contribution in [3.05, 3.63) is 58.9 Å². The highest BCUT2D eigenvalue weighted by Crippen LogP contribution is 2.34. The molecular formula is C19H16F4N2O2S. The Morgan fingerprint density at radius 2 is 1.96 bits per heavy atom. The summed E-state index contributed by atoms with van der Waals surface area (Å²) >= 11 is 0.531. The number of thioether (sulfide) groups is 1. The van der Waals surface area contributed by atoms with Gasteiger partial charge in [-0.25, -0.2) is 9.18 Å². The molecule has 148 valence electrons. The molecule has 28 heavy (non-hydrogen) atoms. The van der Waals surface area contributed by atoms with Crippen LogP contribution in [0.15, 0.2) is 41.3 Å². The fourth-order valence-electron chi connectivity index (χ4n) is 2.58. The van der Waals surface area contributed by atoms with Gasteiger partial charge in [-0.05, 0) is 36.2 Å². The summed E-state index contributed by atoms with van der Waals surface area (Å²) in [4.78, 5) is 12.9. The topological polar surface area (TPSA) is 64.3 Å². The summed E-state index contributed by atoms with van der Waals surface area (Å²) in [6.45, 7) is 1.15. The molecule has 1 N–H and O–H groups in total. The number of carboxylic acids is 1. The molecule has 0 aliphatic heterocycles. The van der Waals surface area contributed by atoms with Crippen molar-refractivity contribution in [3.63, 3.8) is 0 Å². The van der Waals surface area contributed by atoms with Gasteiger partial charge < -0.3 is 10.0 Å². The average molecular weight is 412 g/mol. The Labute approximate surface area is 163 Å². The van der Waals surface area contributed by atoms with Gasteiger partial charge in [0.25, 0.3) is 0 Å². The van der Waals surface area contributed by atoms with Crippen molar-refractivity contribution < 1.29 is 27.5 Å². The van der Waals surface area contributed by atoms with Crippen molar-refractivity contribution in [2.75, 3.05) is 17.2 Å². The van der Waals surface area contributed by atoms with Crippen molar-refractivity contribution >= 4 is 23.4 Å². The van der Waals surface area contributed by atoms with Gasteiger partial charge in [-0.3, -0.25) is 0 Å². The molecule has 0 radical (unpaired) electrons. The van der Waals surface area contributed by atoms with Crippen LogP contribution in [-0.4, -0.2) is 29.5 Å². The Morgan fingerprint density at radius 1 is 1.29 bits per heavy atom. The number of hydrogen-bond acceptors (Lipinski definition) is 4. The number of carbonyl (C=O) groups is 1. The lowest BCUT2D eigenvalue weighted by molar-refractivity contribution is -0.105. The summed E-state index contributed by atoms with van der Waals surface area (Å²) in [5, 5.41) is 18.4. The molecule has 0 unspecified atom stereocenters. The van der Waals surface area contributed by atoms with Crippen molar-refractivity contribution in [2.45, 2.75) is 24.5 Å². The molecule has 4 nitrogen and oxygen atoms in total. The number of alkyl halides is 3. The first-order valence-electron chi connectivity index (χ1n) is 8.05. The van der Waals surface area contributed by atoms with E-state index in [0.717, 1.165) is 6.07 Å². The van der Waals surface area contributed by atoms with E-state index < -0.39 is 23.7 Å². The molecule has 2 rings (SSSR count). The van der Waals surface area contributed by atoms with Crippen LogP contribution in [0, 0.1) is 24.1 Å². The molecule has 0 amide bonds. The number of nitriles is 1. The van der Waals surface area contributed by atoms with E-state index in [0.29, 0.717) is 22.9 Å². The van der Waals surface area contributed by atoms with E-state index in [4.69, 9.17) is 5.26 Å². The molecule has 0 heterocycles. The molecule has 0 aromatic heterocycles. The summed E-state index contributed by atoms with van der Waals surface area (Å²) in [6.07, 6.45) is -4.38. The van der Waals surface area contributed by atoms with Gasteiger partial charge >= 0.3 is 12.1 Å². The zero-order valence-electron chi connectivity index (χ0n) is 14.8. The van der Waals surface area contributed by atoms with Gasteiger partial charge in [-0.2, -0.15) is 18.4 Å². The Morgan fingerprint density at radius 3 is 2.57 bits per heavy atom. The normalized spacial score (nSPS) is 11.1. The Bertz CT molecular complexity index is 910. The van der Waals surface area contributed by atoms with Gasteiger partial charge in [0, 0.05) is 11.4 Å². The Kier molecular flexibility index (Phi) is 6.91. The van der Waals surface area contributed by atoms with Crippen LogP contribution in [0.2, 0.25) is 0 Å². The highest BCUT2D eigenvalue weighted by molar-refractivity contribution is 7.99. The molecule has 0 aliphatic rings. The van der Waals surface area contributed by atoms with Crippen molar-refractivity contribution in [1.82, 2.24) is 0 Å². The molecule has 2 aromatic carbocycles. The van der Waals surface area contributed by atoms with Gasteiger partial charge in [0.1, 0.15) is 12.4 Å². The summed E-state index contributed by atoms with van der Waals surface area (Å²) in [6, 6.07) is 10.3. The fraction of sp³-hybridized carbons (Fsp3) is 0.263. The molecular weight excluding hydrogens is 396 g/mol. The lowest BCUT2D eigenvalue weighted by atomic mass is 10.1. The number of carboxylic acid groups (broad SMARTS) is 1. The van der Waals surface area contributed by atoms with Gasteiger partial charge in [0.05, 0.1) is 23.1 Å². The Balaban J connectivity index is 2.40. The number of anilines is 1. The monoisotopic (exact) mass is 412 g/mol.